The number of aromatic amines is 1. The number of nitrogens with zero attached hydrogens (tertiary/aromatic N) is 2. The zero-order valence-corrected chi connectivity index (χ0v) is 41.9. The molecule has 74 heavy (non-hydrogen) atoms. The van der Waals surface area contributed by atoms with Crippen LogP contribution in [-0.4, -0.2) is 68.7 Å². The molecule has 2 aromatic heterocycles. The van der Waals surface area contributed by atoms with Gasteiger partial charge in [-0.05, 0) is 115 Å². The lowest BCUT2D eigenvalue weighted by Gasteiger charge is -2.47. The number of H-pyrrole nitrogens is 1. The Balaban J connectivity index is 1.14. The minimum atomic E-state index is -0.728. The second kappa shape index (κ2) is 21.1. The summed E-state index contributed by atoms with van der Waals surface area (Å²) in [6, 6.07) is 22.3. The summed E-state index contributed by atoms with van der Waals surface area (Å²) < 4.78 is 20.0. The van der Waals surface area contributed by atoms with E-state index in [1.54, 1.807) is 37.3 Å². The second-order valence-corrected chi connectivity index (χ2v) is 20.0. The van der Waals surface area contributed by atoms with Crippen LogP contribution in [-0.2, 0) is 25.5 Å². The molecule has 380 valence electrons. The number of carbonyl (C=O) groups excluding carboxylic acids is 3. The number of aromatic nitrogens is 2. The summed E-state index contributed by atoms with van der Waals surface area (Å²) in [6.45, 7) is 3.86. The van der Waals surface area contributed by atoms with Gasteiger partial charge in [-0.3, -0.25) is 14.4 Å². The molecule has 0 saturated carbocycles. The van der Waals surface area contributed by atoms with Crippen molar-refractivity contribution >= 4 is 34.0 Å². The van der Waals surface area contributed by atoms with E-state index in [1.807, 2.05) is 47.3 Å². The Hall–Kier alpha value is -8.19. The number of ketones is 2. The molecule has 2 aliphatic carbocycles. The average Bonchev–Trinajstić information content (AvgIpc) is 4.04. The third-order valence-electron chi connectivity index (χ3n) is 15.2. The van der Waals surface area contributed by atoms with E-state index in [9.17, 15) is 29.7 Å². The van der Waals surface area contributed by atoms with Crippen LogP contribution in [0.4, 0.5) is 5.69 Å². The van der Waals surface area contributed by atoms with E-state index in [4.69, 9.17) is 14.2 Å². The van der Waals surface area contributed by atoms with Crippen molar-refractivity contribution in [2.75, 3.05) is 25.1 Å². The first-order valence-electron chi connectivity index (χ1n) is 25.4. The van der Waals surface area contributed by atoms with Crippen molar-refractivity contribution in [2.24, 2.45) is 11.3 Å². The fourth-order valence-electron chi connectivity index (χ4n) is 11.7. The molecule has 4 aliphatic rings. The van der Waals surface area contributed by atoms with Crippen molar-refractivity contribution in [1.82, 2.24) is 14.9 Å². The summed E-state index contributed by atoms with van der Waals surface area (Å²) in [5, 5.41) is 38.2. The minimum Gasteiger partial charge on any atom is -0.508 e. The van der Waals surface area contributed by atoms with Crippen LogP contribution in [0.1, 0.15) is 92.5 Å². The third kappa shape index (κ3) is 10.2. The van der Waals surface area contributed by atoms with Gasteiger partial charge in [-0.1, -0.05) is 72.9 Å². The molecule has 4 heterocycles. The molecule has 0 fully saturated rings. The molecule has 6 aromatic rings. The van der Waals surface area contributed by atoms with Gasteiger partial charge in [0.1, 0.15) is 40.7 Å². The molecule has 6 unspecified atom stereocenters. The van der Waals surface area contributed by atoms with Crippen LogP contribution in [0.2, 0.25) is 0 Å². The summed E-state index contributed by atoms with van der Waals surface area (Å²) in [5.41, 5.74) is 5.28. The number of Topliss-reactive ketones (excluding diaryl/α,β-unsaturated/α-hetero) is 2. The van der Waals surface area contributed by atoms with Gasteiger partial charge in [0.15, 0.2) is 11.5 Å². The van der Waals surface area contributed by atoms with Gasteiger partial charge in [0.2, 0.25) is 5.75 Å². The highest BCUT2D eigenvalue weighted by atomic mass is 16.5. The molecule has 4 bridgehead atoms. The van der Waals surface area contributed by atoms with Gasteiger partial charge >= 0.3 is 5.97 Å². The molecule has 0 radical (unpaired) electrons. The number of phenols is 3. The topological polar surface area (TPSA) is 176 Å². The number of methoxy groups -OCH3 is 1. The van der Waals surface area contributed by atoms with E-state index < -0.39 is 23.5 Å². The van der Waals surface area contributed by atoms with Crippen molar-refractivity contribution in [3.05, 3.63) is 186 Å². The van der Waals surface area contributed by atoms with Crippen molar-refractivity contribution in [3.63, 3.8) is 0 Å². The van der Waals surface area contributed by atoms with Crippen molar-refractivity contribution in [2.45, 2.75) is 82.8 Å². The molecule has 1 spiro atoms. The van der Waals surface area contributed by atoms with E-state index in [1.165, 1.54) is 26.2 Å². The molecule has 4 aromatic carbocycles. The number of esters is 1. The van der Waals surface area contributed by atoms with Crippen molar-refractivity contribution in [1.29, 1.82) is 0 Å². The molecular formula is C61H62N4O9. The van der Waals surface area contributed by atoms with Crippen LogP contribution >= 0.6 is 0 Å². The Bertz CT molecular complexity index is 3270. The Kier molecular flexibility index (Phi) is 14.1. The van der Waals surface area contributed by atoms with Gasteiger partial charge in [-0.25, -0.2) is 0 Å². The maximum atomic E-state index is 14.9. The zero-order valence-electron chi connectivity index (χ0n) is 41.9. The zero-order chi connectivity index (χ0) is 51.5. The predicted molar refractivity (Wildman–Crippen MR) is 285 cm³/mol. The summed E-state index contributed by atoms with van der Waals surface area (Å²) >= 11 is 0. The number of dihydropyridines is 1. The number of fused-ring (bicyclic) bond motifs is 4. The lowest BCUT2D eigenvalue weighted by molar-refractivity contribution is -0.148. The molecule has 13 heteroatoms. The summed E-state index contributed by atoms with van der Waals surface area (Å²) in [4.78, 5) is 46.3. The highest BCUT2D eigenvalue weighted by Gasteiger charge is 2.46. The van der Waals surface area contributed by atoms with Gasteiger partial charge in [-0.2, -0.15) is 0 Å². The molecule has 10 rings (SSSR count). The molecule has 6 atom stereocenters. The highest BCUT2D eigenvalue weighted by Crippen LogP contribution is 2.55. The van der Waals surface area contributed by atoms with Crippen molar-refractivity contribution < 1.29 is 43.9 Å². The summed E-state index contributed by atoms with van der Waals surface area (Å²) in [7, 11) is 1.47. The van der Waals surface area contributed by atoms with Crippen LogP contribution in [0.25, 0.3) is 10.8 Å². The SMILES string of the molecule is COc1cc(C2CC(=O)CC(OC(C)=O)CCC34C=CC=CC3CC=CC4c3c[nH]cc3CC(c3cccc(O)c3)C3=CCNC(=C3)N(CCC(C)=O)c3cccc4cn2cc34)cc(O)c1Oc1cccc(O)c1. The number of benzene rings is 4. The first kappa shape index (κ1) is 49.4. The summed E-state index contributed by atoms with van der Waals surface area (Å²) in [6.07, 6.45) is 27.9. The molecular weight excluding hydrogens is 933 g/mol. The van der Waals surface area contributed by atoms with Crippen LogP contribution in [0.5, 0.6) is 34.5 Å². The maximum Gasteiger partial charge on any atom is 0.302 e. The highest BCUT2D eigenvalue weighted by molar-refractivity contribution is 5.95. The van der Waals surface area contributed by atoms with Crippen molar-refractivity contribution in [3.8, 4) is 34.5 Å². The minimum absolute atomic E-state index is 0.0116. The smallest absolute Gasteiger partial charge is 0.302 e. The normalized spacial score (nSPS) is 22.8. The fourth-order valence-corrected chi connectivity index (χ4v) is 11.7. The van der Waals surface area contributed by atoms with E-state index in [2.05, 4.69) is 82.3 Å². The third-order valence-corrected chi connectivity index (χ3v) is 15.2. The number of aromatic hydroxyl groups is 3. The average molecular weight is 995 g/mol. The number of hydrogen-bond acceptors (Lipinski definition) is 11. The van der Waals surface area contributed by atoms with Crippen LogP contribution in [0.3, 0.4) is 0 Å². The molecule has 0 amide bonds. The molecule has 2 aliphatic heterocycles. The van der Waals surface area contributed by atoms with Gasteiger partial charge in [-0.15, -0.1) is 0 Å². The second-order valence-electron chi connectivity index (χ2n) is 20.0. The van der Waals surface area contributed by atoms with Gasteiger partial charge in [0, 0.05) is 98.2 Å². The van der Waals surface area contributed by atoms with Crippen LogP contribution in [0.15, 0.2) is 164 Å². The quantitative estimate of drug-likeness (QED) is 0.0688. The Morgan fingerprint density at radius 1 is 0.878 bits per heavy atom. The summed E-state index contributed by atoms with van der Waals surface area (Å²) in [5.74, 6) is 0.570. The first-order valence-corrected chi connectivity index (χ1v) is 25.4. The first-order chi connectivity index (χ1) is 35.8. The predicted octanol–water partition coefficient (Wildman–Crippen LogP) is 11.5. The van der Waals surface area contributed by atoms with E-state index >= 15 is 0 Å². The number of hydrogen-bond donors (Lipinski definition) is 5. The van der Waals surface area contributed by atoms with Gasteiger partial charge in [0.25, 0.3) is 0 Å². The van der Waals surface area contributed by atoms with Gasteiger partial charge in [0.05, 0.1) is 18.8 Å². The number of anilines is 1. The number of nitrogens with one attached hydrogen (secondary N) is 2. The number of allylic oxidation sites excluding steroid dienone is 8. The van der Waals surface area contributed by atoms with E-state index in [0.29, 0.717) is 37.9 Å². The van der Waals surface area contributed by atoms with Gasteiger partial charge < -0.3 is 49.3 Å². The molecule has 13 nitrogen and oxygen atoms in total. The van der Waals surface area contributed by atoms with Crippen LogP contribution < -0.4 is 19.7 Å². The van der Waals surface area contributed by atoms with Crippen LogP contribution in [0, 0.1) is 11.3 Å². The molecule has 0 saturated heterocycles. The Morgan fingerprint density at radius 2 is 1.70 bits per heavy atom. The lowest BCUT2D eigenvalue weighted by atomic mass is 9.57. The standard InChI is InChI=1S/C61H62N4O9/c1-38(66)21-25-65-55-18-7-11-42-36-64(37-53(42)55)56(43-28-57(71)60(58(29-43)72-3)74-49-16-9-15-47(69)31-49)33-48(70)32-50(73-39(2)67)19-23-61-22-5-4-12-45(61)13-8-17-54(61)52-35-62-34-44(52)27-51(40-10-6-14-46(68)26-40)41-20-24-63-59(65)30-41/h4-12,14-18,20,22,26,28-31,34-37,45,50-51,54,56,62-63,68-69,71H,13,19,21,23-25,27,32-33H2,1-3H3. The fraction of sp³-hybridized carbons (Fsp3) is 0.295. The Labute approximate surface area is 430 Å². The van der Waals surface area contributed by atoms with E-state index in [0.717, 1.165) is 51.0 Å². The number of ether oxygens (including phenoxy) is 3. The maximum absolute atomic E-state index is 14.9. The van der Waals surface area contributed by atoms with E-state index in [-0.39, 0.29) is 83.1 Å². The number of phenolic OH excluding ortho intramolecular Hbond substituents is 3. The Morgan fingerprint density at radius 3 is 2.50 bits per heavy atom. The monoisotopic (exact) mass is 994 g/mol. The number of carbonyl (C=O) groups is 3. The lowest BCUT2D eigenvalue weighted by Crippen LogP contribution is -2.38. The largest absolute Gasteiger partial charge is 0.508 e. The molecule has 5 N–H and O–H groups in total. The number of rotatable bonds is 9.